The largest absolute Gasteiger partial charge is 0.372 e. The Morgan fingerprint density at radius 2 is 2.00 bits per heavy atom. The number of rotatable bonds is 5. The van der Waals surface area contributed by atoms with Gasteiger partial charge in [-0.15, -0.1) is 0 Å². The zero-order valence-corrected chi connectivity index (χ0v) is 17.1. The molecule has 0 aliphatic carbocycles. The van der Waals surface area contributed by atoms with Crippen LogP contribution in [0.5, 0.6) is 0 Å². The van der Waals surface area contributed by atoms with Crippen molar-refractivity contribution in [2.24, 2.45) is 0 Å². The van der Waals surface area contributed by atoms with Crippen LogP contribution >= 0.6 is 11.6 Å². The van der Waals surface area contributed by atoms with Gasteiger partial charge >= 0.3 is 11.8 Å². The Hall–Kier alpha value is -2.53. The molecule has 0 radical (unpaired) electrons. The maximum Gasteiger partial charge on any atom is 0.313 e. The van der Waals surface area contributed by atoms with Gasteiger partial charge in [-0.2, -0.15) is 0 Å². The Bertz CT molecular complexity index is 882. The third-order valence-corrected chi connectivity index (χ3v) is 5.57. The molecule has 0 spiro atoms. The molecule has 2 amide bonds. The van der Waals surface area contributed by atoms with Gasteiger partial charge in [0, 0.05) is 36.0 Å². The molecule has 0 saturated carbocycles. The quantitative estimate of drug-likeness (QED) is 0.753. The lowest BCUT2D eigenvalue weighted by Gasteiger charge is -2.30. The number of aryl methyl sites for hydroxylation is 1. The van der Waals surface area contributed by atoms with Gasteiger partial charge in [0.1, 0.15) is 0 Å². The second kappa shape index (κ2) is 9.11. The fourth-order valence-electron chi connectivity index (χ4n) is 3.53. The molecule has 0 bridgehead atoms. The summed E-state index contributed by atoms with van der Waals surface area (Å²) in [5, 5.41) is 5.85. The van der Waals surface area contributed by atoms with Crippen LogP contribution < -0.4 is 15.5 Å². The first-order chi connectivity index (χ1) is 13.5. The predicted molar refractivity (Wildman–Crippen MR) is 114 cm³/mol. The van der Waals surface area contributed by atoms with E-state index in [0.717, 1.165) is 25.1 Å². The second-order valence-corrected chi connectivity index (χ2v) is 7.43. The number of nitrogens with one attached hydrogen (secondary N) is 2. The molecular weight excluding hydrogens is 374 g/mol. The van der Waals surface area contributed by atoms with Crippen molar-refractivity contribution in [3.05, 3.63) is 58.1 Å². The van der Waals surface area contributed by atoms with Crippen molar-refractivity contribution in [1.82, 2.24) is 5.32 Å². The monoisotopic (exact) mass is 399 g/mol. The Kier molecular flexibility index (Phi) is 6.57. The summed E-state index contributed by atoms with van der Waals surface area (Å²) in [4.78, 5) is 26.6. The van der Waals surface area contributed by atoms with Crippen LogP contribution in [0.1, 0.15) is 30.0 Å². The molecule has 2 aromatic rings. The van der Waals surface area contributed by atoms with E-state index < -0.39 is 11.8 Å². The van der Waals surface area contributed by atoms with Crippen molar-refractivity contribution in [2.75, 3.05) is 29.9 Å². The van der Waals surface area contributed by atoms with Gasteiger partial charge in [0.05, 0.1) is 0 Å². The van der Waals surface area contributed by atoms with E-state index in [4.69, 9.17) is 11.6 Å². The average Bonchev–Trinajstić information content (AvgIpc) is 2.70. The fourth-order valence-corrected chi connectivity index (χ4v) is 3.71. The number of amides is 2. The van der Waals surface area contributed by atoms with Crippen LogP contribution in [-0.2, 0) is 22.4 Å². The minimum atomic E-state index is -0.686. The molecule has 2 aromatic carbocycles. The zero-order chi connectivity index (χ0) is 20.1. The third-order valence-electron chi connectivity index (χ3n) is 5.16. The SMILES string of the molecule is CCN1CCCc2cc(CCNC(=O)C(=O)Nc3cccc(Cl)c3C)ccc21. The van der Waals surface area contributed by atoms with Crippen molar-refractivity contribution in [2.45, 2.75) is 33.1 Å². The third kappa shape index (κ3) is 4.65. The highest BCUT2D eigenvalue weighted by Crippen LogP contribution is 2.28. The molecule has 1 aliphatic heterocycles. The Morgan fingerprint density at radius 3 is 2.79 bits per heavy atom. The topological polar surface area (TPSA) is 61.4 Å². The lowest BCUT2D eigenvalue weighted by atomic mass is 9.98. The van der Waals surface area contributed by atoms with Crippen molar-refractivity contribution >= 4 is 34.8 Å². The Labute approximate surface area is 171 Å². The van der Waals surface area contributed by atoms with Crippen molar-refractivity contribution in [1.29, 1.82) is 0 Å². The van der Waals surface area contributed by atoms with Crippen LogP contribution in [0.15, 0.2) is 36.4 Å². The van der Waals surface area contributed by atoms with E-state index in [1.807, 2.05) is 0 Å². The second-order valence-electron chi connectivity index (χ2n) is 7.02. The van der Waals surface area contributed by atoms with Gasteiger partial charge in [-0.05, 0) is 68.0 Å². The molecule has 3 rings (SSSR count). The molecule has 1 aliphatic rings. The molecule has 1 heterocycles. The number of benzene rings is 2. The van der Waals surface area contributed by atoms with Gasteiger partial charge in [0.2, 0.25) is 0 Å². The summed E-state index contributed by atoms with van der Waals surface area (Å²) in [7, 11) is 0. The van der Waals surface area contributed by atoms with E-state index in [9.17, 15) is 9.59 Å². The standard InChI is InChI=1S/C22H26ClN3O2/c1-3-26-13-5-6-17-14-16(9-10-20(17)26)11-12-24-21(27)22(28)25-19-8-4-7-18(23)15(19)2/h4,7-10,14H,3,5-6,11-13H2,1-2H3,(H,24,27)(H,25,28). The highest BCUT2D eigenvalue weighted by Gasteiger charge is 2.17. The first kappa shape index (κ1) is 20.2. The molecule has 2 N–H and O–H groups in total. The van der Waals surface area contributed by atoms with E-state index in [1.165, 1.54) is 23.2 Å². The molecule has 148 valence electrons. The maximum atomic E-state index is 12.1. The summed E-state index contributed by atoms with van der Waals surface area (Å²) >= 11 is 6.04. The number of hydrogen-bond acceptors (Lipinski definition) is 3. The minimum absolute atomic E-state index is 0.414. The van der Waals surface area contributed by atoms with Crippen molar-refractivity contribution in [3.8, 4) is 0 Å². The normalized spacial score (nSPS) is 13.0. The Balaban J connectivity index is 1.52. The number of halogens is 1. The van der Waals surface area contributed by atoms with Gasteiger partial charge in [-0.1, -0.05) is 29.8 Å². The first-order valence-electron chi connectivity index (χ1n) is 9.70. The highest BCUT2D eigenvalue weighted by molar-refractivity contribution is 6.40. The summed E-state index contributed by atoms with van der Waals surface area (Å²) < 4.78 is 0. The number of carbonyl (C=O) groups excluding carboxylic acids is 2. The highest BCUT2D eigenvalue weighted by atomic mass is 35.5. The van der Waals surface area contributed by atoms with Gasteiger partial charge < -0.3 is 15.5 Å². The number of anilines is 2. The van der Waals surface area contributed by atoms with Crippen LogP contribution in [0, 0.1) is 6.92 Å². The fraction of sp³-hybridized carbons (Fsp3) is 0.364. The molecule has 28 heavy (non-hydrogen) atoms. The van der Waals surface area contributed by atoms with Crippen LogP contribution in [0.4, 0.5) is 11.4 Å². The van der Waals surface area contributed by atoms with Crippen molar-refractivity contribution < 1.29 is 9.59 Å². The number of hydrogen-bond donors (Lipinski definition) is 2. The van der Waals surface area contributed by atoms with Gasteiger partial charge in [-0.3, -0.25) is 9.59 Å². The molecule has 0 unspecified atom stereocenters. The minimum Gasteiger partial charge on any atom is -0.372 e. The summed E-state index contributed by atoms with van der Waals surface area (Å²) in [6.45, 7) is 6.51. The Morgan fingerprint density at radius 1 is 1.18 bits per heavy atom. The van der Waals surface area contributed by atoms with Gasteiger partial charge in [0.25, 0.3) is 0 Å². The molecule has 0 atom stereocenters. The van der Waals surface area contributed by atoms with E-state index in [-0.39, 0.29) is 0 Å². The van der Waals surface area contributed by atoms with E-state index in [2.05, 4.69) is 40.7 Å². The lowest BCUT2D eigenvalue weighted by Crippen LogP contribution is -2.36. The van der Waals surface area contributed by atoms with E-state index in [0.29, 0.717) is 23.7 Å². The van der Waals surface area contributed by atoms with Crippen LogP contribution in [0.2, 0.25) is 5.02 Å². The summed E-state index contributed by atoms with van der Waals surface area (Å²) in [5.74, 6) is -1.33. The number of carbonyl (C=O) groups is 2. The molecule has 0 saturated heterocycles. The molecular formula is C22H26ClN3O2. The lowest BCUT2D eigenvalue weighted by molar-refractivity contribution is -0.136. The zero-order valence-electron chi connectivity index (χ0n) is 16.3. The van der Waals surface area contributed by atoms with E-state index >= 15 is 0 Å². The maximum absolute atomic E-state index is 12.1. The summed E-state index contributed by atoms with van der Waals surface area (Å²) in [6.07, 6.45) is 2.95. The number of nitrogens with zero attached hydrogens (tertiary/aromatic N) is 1. The van der Waals surface area contributed by atoms with Gasteiger partial charge in [-0.25, -0.2) is 0 Å². The van der Waals surface area contributed by atoms with Crippen LogP contribution in [-0.4, -0.2) is 31.4 Å². The van der Waals surface area contributed by atoms with Crippen LogP contribution in [0.25, 0.3) is 0 Å². The van der Waals surface area contributed by atoms with Crippen molar-refractivity contribution in [3.63, 3.8) is 0 Å². The molecule has 5 nitrogen and oxygen atoms in total. The predicted octanol–water partition coefficient (Wildman–Crippen LogP) is 3.72. The van der Waals surface area contributed by atoms with Gasteiger partial charge in [0.15, 0.2) is 0 Å². The number of fused-ring (bicyclic) bond motifs is 1. The average molecular weight is 400 g/mol. The smallest absolute Gasteiger partial charge is 0.313 e. The molecule has 0 aromatic heterocycles. The van der Waals surface area contributed by atoms with Crippen LogP contribution in [0.3, 0.4) is 0 Å². The molecule has 0 fully saturated rings. The molecule has 6 heteroatoms. The van der Waals surface area contributed by atoms with E-state index in [1.54, 1.807) is 25.1 Å². The summed E-state index contributed by atoms with van der Waals surface area (Å²) in [5.41, 5.74) is 5.13. The first-order valence-corrected chi connectivity index (χ1v) is 10.1. The summed E-state index contributed by atoms with van der Waals surface area (Å²) in [6, 6.07) is 11.7.